The number of carboxylic acid groups (broad SMARTS) is 1. The topological polar surface area (TPSA) is 142 Å². The van der Waals surface area contributed by atoms with Crippen molar-refractivity contribution in [3.63, 3.8) is 0 Å². The molecule has 0 aromatic heterocycles. The molecule has 0 aliphatic carbocycles. The van der Waals surface area contributed by atoms with Crippen LogP contribution in [0.3, 0.4) is 0 Å². The van der Waals surface area contributed by atoms with Gasteiger partial charge in [-0.15, -0.1) is 11.8 Å². The van der Waals surface area contributed by atoms with Gasteiger partial charge in [-0.2, -0.15) is 0 Å². The summed E-state index contributed by atoms with van der Waals surface area (Å²) >= 11 is 1.35. The molecule has 3 aromatic carbocycles. The van der Waals surface area contributed by atoms with E-state index in [0.29, 0.717) is 16.9 Å². The summed E-state index contributed by atoms with van der Waals surface area (Å²) in [5.41, 5.74) is 2.33. The van der Waals surface area contributed by atoms with Crippen LogP contribution in [0.15, 0.2) is 103 Å². The maximum Gasteiger partial charge on any atom is 0.330 e. The van der Waals surface area contributed by atoms with E-state index in [1.54, 1.807) is 30.3 Å². The fourth-order valence-electron chi connectivity index (χ4n) is 5.41. The van der Waals surface area contributed by atoms with E-state index in [1.807, 2.05) is 60.7 Å². The van der Waals surface area contributed by atoms with E-state index in [1.165, 1.54) is 16.7 Å². The second kappa shape index (κ2) is 14.3. The first-order valence-electron chi connectivity index (χ1n) is 14.5. The highest BCUT2D eigenvalue weighted by molar-refractivity contribution is 8.00. The number of amides is 3. The zero-order valence-corrected chi connectivity index (χ0v) is 25.2. The lowest BCUT2D eigenvalue weighted by Gasteiger charge is -2.52. The Hall–Kier alpha value is -4.90. The third kappa shape index (κ3) is 7.26. The molecule has 5 rings (SSSR count). The van der Waals surface area contributed by atoms with E-state index in [-0.39, 0.29) is 19.3 Å². The van der Waals surface area contributed by atoms with Gasteiger partial charge in [-0.1, -0.05) is 85.4 Å². The molecule has 0 bridgehead atoms. The molecule has 11 heteroatoms. The van der Waals surface area contributed by atoms with Crippen LogP contribution in [0.25, 0.3) is 0 Å². The smallest absolute Gasteiger partial charge is 0.330 e. The van der Waals surface area contributed by atoms with Crippen molar-refractivity contribution < 1.29 is 33.8 Å². The predicted octanol–water partition coefficient (Wildman–Crippen LogP) is 3.70. The molecule has 2 heterocycles. The highest BCUT2D eigenvalue weighted by atomic mass is 32.2. The molecule has 0 radical (unpaired) electrons. The first-order valence-corrected chi connectivity index (χ1v) is 15.6. The van der Waals surface area contributed by atoms with E-state index in [9.17, 15) is 29.1 Å². The summed E-state index contributed by atoms with van der Waals surface area (Å²) < 4.78 is 6.02. The number of carbonyl (C=O) groups is 5. The molecule has 4 atom stereocenters. The standard InChI is InChI=1S/C34H33N3O7S/c1-21-20-45-32-27(31(40)37(32)28(21)33(41)42)36-26(38)19-11-18-25(35-30(39)24-16-9-4-10-17-24)34(43)44-29(22-12-5-2-6-13-22)23-14-7-3-8-15-23/h2-10,12-17,25,27-29,32H,1,11,18-20H2,(H,35,39)(H,36,38)(H,41,42)/t25?,27?,28?,32-/m0/s1. The zero-order valence-electron chi connectivity index (χ0n) is 24.3. The van der Waals surface area contributed by atoms with Crippen LogP contribution in [-0.4, -0.2) is 68.9 Å². The number of hydrogen-bond acceptors (Lipinski definition) is 7. The van der Waals surface area contributed by atoms with Crippen LogP contribution in [-0.2, 0) is 23.9 Å². The predicted molar refractivity (Wildman–Crippen MR) is 168 cm³/mol. The number of carboxylic acids is 1. The Morgan fingerprint density at radius 2 is 1.51 bits per heavy atom. The summed E-state index contributed by atoms with van der Waals surface area (Å²) in [6.45, 7) is 3.77. The molecule has 2 aliphatic rings. The molecule has 0 saturated carbocycles. The van der Waals surface area contributed by atoms with E-state index >= 15 is 0 Å². The largest absolute Gasteiger partial charge is 0.479 e. The molecule has 0 spiro atoms. The van der Waals surface area contributed by atoms with Crippen molar-refractivity contribution in [2.24, 2.45) is 0 Å². The Balaban J connectivity index is 1.24. The minimum absolute atomic E-state index is 0.0258. The van der Waals surface area contributed by atoms with Crippen molar-refractivity contribution in [1.29, 1.82) is 0 Å². The number of ether oxygens (including phenoxy) is 1. The molecule has 232 valence electrons. The first kappa shape index (κ1) is 31.5. The van der Waals surface area contributed by atoms with Crippen LogP contribution >= 0.6 is 11.8 Å². The average Bonchev–Trinajstić information content (AvgIpc) is 3.06. The molecule has 3 N–H and O–H groups in total. The minimum atomic E-state index is -1.15. The third-order valence-electron chi connectivity index (χ3n) is 7.70. The summed E-state index contributed by atoms with van der Waals surface area (Å²) in [7, 11) is 0. The number of esters is 1. The highest BCUT2D eigenvalue weighted by Crippen LogP contribution is 2.40. The number of thioether (sulfide) groups is 1. The van der Waals surface area contributed by atoms with Gasteiger partial charge < -0.3 is 25.4 Å². The van der Waals surface area contributed by atoms with E-state index in [0.717, 1.165) is 11.1 Å². The fraction of sp³-hybridized carbons (Fsp3) is 0.265. The number of nitrogens with one attached hydrogen (secondary N) is 2. The van der Waals surface area contributed by atoms with Gasteiger partial charge in [0.05, 0.1) is 0 Å². The number of aliphatic carboxylic acids is 1. The number of nitrogens with zero attached hydrogens (tertiary/aromatic N) is 1. The third-order valence-corrected chi connectivity index (χ3v) is 9.07. The summed E-state index contributed by atoms with van der Waals surface area (Å²) in [6, 6.07) is 24.0. The molecular weight excluding hydrogens is 594 g/mol. The van der Waals surface area contributed by atoms with E-state index in [4.69, 9.17) is 4.74 Å². The van der Waals surface area contributed by atoms with Crippen LogP contribution < -0.4 is 10.6 Å². The number of carbonyl (C=O) groups excluding carboxylic acids is 4. The molecule has 3 amide bonds. The molecule has 45 heavy (non-hydrogen) atoms. The highest BCUT2D eigenvalue weighted by Gasteiger charge is 2.56. The van der Waals surface area contributed by atoms with Gasteiger partial charge in [0, 0.05) is 17.7 Å². The van der Waals surface area contributed by atoms with Crippen LogP contribution in [0.2, 0.25) is 0 Å². The number of β-lactam (4-membered cyclic amide) rings is 1. The second-order valence-corrected chi connectivity index (χ2v) is 11.9. The normalized spacial score (nSPS) is 19.6. The maximum atomic E-state index is 13.6. The van der Waals surface area contributed by atoms with Crippen molar-refractivity contribution in [2.45, 2.75) is 48.9 Å². The van der Waals surface area contributed by atoms with Gasteiger partial charge in [0.15, 0.2) is 12.1 Å². The van der Waals surface area contributed by atoms with Crippen LogP contribution in [0.4, 0.5) is 0 Å². The first-order chi connectivity index (χ1) is 21.7. The lowest BCUT2D eigenvalue weighted by Crippen LogP contribution is -2.74. The quantitative estimate of drug-likeness (QED) is 0.157. The SMILES string of the molecule is C=C1CS[C@H]2C(NC(=O)CCCC(NC(=O)c3ccccc3)C(=O)OC(c3ccccc3)c3ccccc3)C(=O)N2C1C(=O)O. The molecule has 3 aromatic rings. The van der Waals surface area contributed by atoms with Gasteiger partial charge in [-0.3, -0.25) is 14.4 Å². The lowest BCUT2D eigenvalue weighted by atomic mass is 9.98. The summed E-state index contributed by atoms with van der Waals surface area (Å²) in [6.07, 6.45) is -0.433. The number of hydrogen-bond donors (Lipinski definition) is 3. The second-order valence-electron chi connectivity index (χ2n) is 10.8. The summed E-state index contributed by atoms with van der Waals surface area (Å²) in [4.78, 5) is 65.2. The molecule has 2 saturated heterocycles. The fourth-order valence-corrected chi connectivity index (χ4v) is 6.71. The molecule has 2 fully saturated rings. The number of benzene rings is 3. The Kier molecular flexibility index (Phi) is 9.99. The van der Waals surface area contributed by atoms with Gasteiger partial charge in [0.25, 0.3) is 5.91 Å². The molecule has 3 unspecified atom stereocenters. The number of rotatable bonds is 12. The molecule has 10 nitrogen and oxygen atoms in total. The van der Waals surface area contributed by atoms with Crippen LogP contribution in [0.1, 0.15) is 46.9 Å². The minimum Gasteiger partial charge on any atom is -0.479 e. The van der Waals surface area contributed by atoms with Gasteiger partial charge in [0.2, 0.25) is 11.8 Å². The van der Waals surface area contributed by atoms with E-state index in [2.05, 4.69) is 17.2 Å². The maximum absolute atomic E-state index is 13.6. The van der Waals surface area contributed by atoms with Crippen LogP contribution in [0, 0.1) is 0 Å². The van der Waals surface area contributed by atoms with E-state index < -0.39 is 59.3 Å². The van der Waals surface area contributed by atoms with Gasteiger partial charge in [-0.25, -0.2) is 9.59 Å². The zero-order chi connectivity index (χ0) is 31.9. The monoisotopic (exact) mass is 627 g/mol. The Morgan fingerprint density at radius 3 is 2.09 bits per heavy atom. The van der Waals surface area contributed by atoms with Gasteiger partial charge in [0.1, 0.15) is 17.5 Å². The Bertz CT molecular complexity index is 1530. The molecule has 2 aliphatic heterocycles. The average molecular weight is 628 g/mol. The van der Waals surface area contributed by atoms with Crippen molar-refractivity contribution >= 4 is 41.4 Å². The van der Waals surface area contributed by atoms with Crippen molar-refractivity contribution in [1.82, 2.24) is 15.5 Å². The molecular formula is C34H33N3O7S. The Morgan fingerprint density at radius 1 is 0.933 bits per heavy atom. The van der Waals surface area contributed by atoms with Crippen molar-refractivity contribution in [3.8, 4) is 0 Å². The van der Waals surface area contributed by atoms with Gasteiger partial charge in [-0.05, 0) is 41.7 Å². The summed E-state index contributed by atoms with van der Waals surface area (Å²) in [5.74, 6) is -2.78. The lowest BCUT2D eigenvalue weighted by molar-refractivity contribution is -0.160. The number of fused-ring (bicyclic) bond motifs is 1. The van der Waals surface area contributed by atoms with Crippen molar-refractivity contribution in [2.75, 3.05) is 5.75 Å². The van der Waals surface area contributed by atoms with Crippen LogP contribution in [0.5, 0.6) is 0 Å². The Labute approximate surface area is 264 Å². The summed E-state index contributed by atoms with van der Waals surface area (Å²) in [5, 5.41) is 14.5. The van der Waals surface area contributed by atoms with Gasteiger partial charge >= 0.3 is 11.9 Å². The van der Waals surface area contributed by atoms with Crippen molar-refractivity contribution in [3.05, 3.63) is 120 Å².